The Kier molecular flexibility index (Phi) is 3.61. The number of rotatable bonds is 5. The van der Waals surface area contributed by atoms with Crippen LogP contribution in [0, 0.1) is 4.91 Å². The number of carbonyl (C=O) groups is 1. The summed E-state index contributed by atoms with van der Waals surface area (Å²) in [6.45, 7) is -0.241. The van der Waals surface area contributed by atoms with E-state index in [0.29, 0.717) is 0 Å². The maximum atomic E-state index is 10.7. The van der Waals surface area contributed by atoms with Crippen LogP contribution in [0.3, 0.4) is 0 Å². The molecule has 0 atom stereocenters. The van der Waals surface area contributed by atoms with Gasteiger partial charge in [-0.3, -0.25) is 9.80 Å². The molecule has 0 aliphatic rings. The highest BCUT2D eigenvalue weighted by Crippen LogP contribution is 2.13. The number of primary amides is 1. The van der Waals surface area contributed by atoms with Crippen molar-refractivity contribution in [1.29, 1.82) is 0 Å². The second-order valence-corrected chi connectivity index (χ2v) is 2.94. The number of amides is 1. The number of nitrogens with zero attached hydrogens (tertiary/aromatic N) is 3. The Hall–Kier alpha value is -2.11. The first-order valence-electron chi connectivity index (χ1n) is 4.33. The van der Waals surface area contributed by atoms with E-state index in [0.717, 1.165) is 10.8 Å². The minimum absolute atomic E-state index is 0.241. The number of benzene rings is 1. The van der Waals surface area contributed by atoms with Crippen molar-refractivity contribution in [3.8, 4) is 0 Å². The van der Waals surface area contributed by atoms with Gasteiger partial charge in [0.15, 0.2) is 0 Å². The molecule has 1 aromatic carbocycles. The van der Waals surface area contributed by atoms with Gasteiger partial charge >= 0.3 is 0 Å². The Morgan fingerprint density at radius 3 is 2.47 bits per heavy atom. The maximum Gasteiger partial charge on any atom is 0.241 e. The molecular formula is C9H12N4O2. The van der Waals surface area contributed by atoms with Gasteiger partial charge in [-0.15, -0.1) is 4.91 Å². The third-order valence-corrected chi connectivity index (χ3v) is 1.87. The highest BCUT2D eigenvalue weighted by atomic mass is 16.3. The molecule has 0 unspecified atom stereocenters. The monoisotopic (exact) mass is 208 g/mol. The van der Waals surface area contributed by atoms with Crippen molar-refractivity contribution in [2.45, 2.75) is 0 Å². The summed E-state index contributed by atoms with van der Waals surface area (Å²) in [6, 6.07) is 9.07. The van der Waals surface area contributed by atoms with Crippen LogP contribution in [0.4, 0.5) is 5.69 Å². The predicted molar refractivity (Wildman–Crippen MR) is 56.5 cm³/mol. The van der Waals surface area contributed by atoms with E-state index in [9.17, 15) is 9.70 Å². The normalized spacial score (nSPS) is 9.40. The topological polar surface area (TPSA) is 79.0 Å². The van der Waals surface area contributed by atoms with E-state index in [1.54, 1.807) is 19.2 Å². The lowest BCUT2D eigenvalue weighted by Gasteiger charge is -2.26. The average Bonchev–Trinajstić information content (AvgIpc) is 2.26. The fraction of sp³-hybridized carbons (Fsp3) is 0.222. The van der Waals surface area contributed by atoms with Gasteiger partial charge in [0, 0.05) is 7.05 Å². The minimum Gasteiger partial charge on any atom is -0.368 e. The lowest BCUT2D eigenvalue weighted by atomic mass is 10.3. The first-order chi connectivity index (χ1) is 7.15. The van der Waals surface area contributed by atoms with Gasteiger partial charge in [0.05, 0.1) is 11.0 Å². The third kappa shape index (κ3) is 2.94. The van der Waals surface area contributed by atoms with Crippen LogP contribution in [0.2, 0.25) is 0 Å². The first kappa shape index (κ1) is 11.0. The molecule has 2 N–H and O–H groups in total. The molecule has 80 valence electrons. The highest BCUT2D eigenvalue weighted by Gasteiger charge is 2.12. The molecule has 0 aliphatic carbocycles. The van der Waals surface area contributed by atoms with Gasteiger partial charge in [-0.05, 0) is 12.1 Å². The van der Waals surface area contributed by atoms with Crippen molar-refractivity contribution >= 4 is 11.6 Å². The number of nitroso groups, excluding NO2 is 1. The number of nitrogens with two attached hydrogens (primary N) is 1. The second kappa shape index (κ2) is 4.94. The standard InChI is InChI=1S/C9H12N4O2/c1-12(8-5-3-2-4-6-8)13(11-15)7-9(10)14/h2-6H,7H2,1H3,(H2,10,14). The van der Waals surface area contributed by atoms with Crippen molar-refractivity contribution < 1.29 is 4.79 Å². The summed E-state index contributed by atoms with van der Waals surface area (Å²) in [6.07, 6.45) is 0. The summed E-state index contributed by atoms with van der Waals surface area (Å²) in [7, 11) is 1.62. The maximum absolute atomic E-state index is 10.7. The SMILES string of the molecule is CN(c1ccccc1)N(CC(N)=O)N=O. The Bertz CT molecular complexity index is 341. The number of anilines is 1. The van der Waals surface area contributed by atoms with E-state index in [1.807, 2.05) is 18.2 Å². The molecule has 6 heteroatoms. The highest BCUT2D eigenvalue weighted by molar-refractivity contribution is 5.76. The van der Waals surface area contributed by atoms with E-state index in [-0.39, 0.29) is 6.54 Å². The molecule has 0 radical (unpaired) electrons. The van der Waals surface area contributed by atoms with Crippen LogP contribution in [0.1, 0.15) is 0 Å². The summed E-state index contributed by atoms with van der Waals surface area (Å²) in [4.78, 5) is 21.1. The lowest BCUT2D eigenvalue weighted by molar-refractivity contribution is -0.119. The molecule has 15 heavy (non-hydrogen) atoms. The number of hydrogen-bond acceptors (Lipinski definition) is 4. The average molecular weight is 208 g/mol. The van der Waals surface area contributed by atoms with Gasteiger partial charge in [0.25, 0.3) is 0 Å². The minimum atomic E-state index is -0.614. The first-order valence-corrected chi connectivity index (χ1v) is 4.33. The van der Waals surface area contributed by atoms with Gasteiger partial charge in [0.1, 0.15) is 6.54 Å². The van der Waals surface area contributed by atoms with Gasteiger partial charge in [0.2, 0.25) is 5.91 Å². The van der Waals surface area contributed by atoms with Crippen molar-refractivity contribution in [1.82, 2.24) is 5.12 Å². The summed E-state index contributed by atoms with van der Waals surface area (Å²) >= 11 is 0. The summed E-state index contributed by atoms with van der Waals surface area (Å²) in [5, 5.41) is 5.13. The Morgan fingerprint density at radius 1 is 1.40 bits per heavy atom. The lowest BCUT2D eigenvalue weighted by Crippen LogP contribution is -2.41. The molecule has 0 saturated heterocycles. The van der Waals surface area contributed by atoms with Crippen molar-refractivity contribution in [3.63, 3.8) is 0 Å². The number of hydrogen-bond donors (Lipinski definition) is 1. The zero-order chi connectivity index (χ0) is 11.3. The van der Waals surface area contributed by atoms with Gasteiger partial charge in [-0.1, -0.05) is 18.2 Å². The number of carbonyl (C=O) groups excluding carboxylic acids is 1. The van der Waals surface area contributed by atoms with Gasteiger partial charge in [-0.2, -0.15) is 5.12 Å². The van der Waals surface area contributed by atoms with Crippen LogP contribution in [0.25, 0.3) is 0 Å². The van der Waals surface area contributed by atoms with Gasteiger partial charge < -0.3 is 5.73 Å². The van der Waals surface area contributed by atoms with Crippen LogP contribution in [-0.4, -0.2) is 24.6 Å². The quantitative estimate of drug-likeness (QED) is 0.564. The smallest absolute Gasteiger partial charge is 0.241 e. The third-order valence-electron chi connectivity index (χ3n) is 1.87. The molecule has 6 nitrogen and oxygen atoms in total. The van der Waals surface area contributed by atoms with E-state index in [4.69, 9.17) is 5.73 Å². The zero-order valence-corrected chi connectivity index (χ0v) is 8.33. The Morgan fingerprint density at radius 2 is 2.00 bits per heavy atom. The summed E-state index contributed by atoms with van der Waals surface area (Å²) < 4.78 is 0. The number of hydrazine groups is 1. The molecule has 0 spiro atoms. The molecule has 1 rings (SSSR count). The molecule has 0 heterocycles. The molecule has 1 aromatic rings. The summed E-state index contributed by atoms with van der Waals surface area (Å²) in [5.41, 5.74) is 5.73. The van der Waals surface area contributed by atoms with Crippen LogP contribution in [-0.2, 0) is 4.79 Å². The molecular weight excluding hydrogens is 196 g/mol. The fourth-order valence-electron chi connectivity index (χ4n) is 1.11. The van der Waals surface area contributed by atoms with E-state index < -0.39 is 5.91 Å². The Balaban J connectivity index is 2.77. The number of para-hydroxylation sites is 1. The van der Waals surface area contributed by atoms with Crippen LogP contribution in [0.5, 0.6) is 0 Å². The molecule has 0 saturated carbocycles. The second-order valence-electron chi connectivity index (χ2n) is 2.94. The van der Waals surface area contributed by atoms with Gasteiger partial charge in [-0.25, -0.2) is 0 Å². The molecule has 0 fully saturated rings. The van der Waals surface area contributed by atoms with Crippen LogP contribution < -0.4 is 10.7 Å². The molecule has 0 bridgehead atoms. The van der Waals surface area contributed by atoms with Crippen molar-refractivity contribution in [2.75, 3.05) is 18.6 Å². The summed E-state index contributed by atoms with van der Waals surface area (Å²) in [5.74, 6) is -0.614. The van der Waals surface area contributed by atoms with E-state index in [1.165, 1.54) is 5.01 Å². The zero-order valence-electron chi connectivity index (χ0n) is 8.33. The fourth-order valence-corrected chi connectivity index (χ4v) is 1.11. The van der Waals surface area contributed by atoms with Crippen LogP contribution >= 0.6 is 0 Å². The van der Waals surface area contributed by atoms with E-state index in [2.05, 4.69) is 5.29 Å². The molecule has 0 aliphatic heterocycles. The predicted octanol–water partition coefficient (Wildman–Crippen LogP) is 0.507. The van der Waals surface area contributed by atoms with Crippen LogP contribution in [0.15, 0.2) is 35.6 Å². The van der Waals surface area contributed by atoms with Crippen molar-refractivity contribution in [3.05, 3.63) is 35.2 Å². The van der Waals surface area contributed by atoms with Crippen molar-refractivity contribution in [2.24, 2.45) is 11.0 Å². The largest absolute Gasteiger partial charge is 0.368 e. The molecule has 1 amide bonds. The Labute approximate surface area is 87.2 Å². The molecule has 0 aromatic heterocycles. The van der Waals surface area contributed by atoms with E-state index >= 15 is 0 Å².